The lowest BCUT2D eigenvalue weighted by Gasteiger charge is -2.09. The Morgan fingerprint density at radius 3 is 3.00 bits per heavy atom. The van der Waals surface area contributed by atoms with Gasteiger partial charge in [-0.1, -0.05) is 13.3 Å². The molecular weight excluding hydrogens is 246 g/mol. The fraction of sp³-hybridized carbons (Fsp3) is 0.600. The van der Waals surface area contributed by atoms with Gasteiger partial charge in [-0.15, -0.1) is 11.3 Å². The first-order valence-corrected chi connectivity index (χ1v) is 6.39. The predicted molar refractivity (Wildman–Crippen MR) is 60.8 cm³/mol. The van der Waals surface area contributed by atoms with Crippen LogP contribution in [0.25, 0.3) is 0 Å². The average Bonchev–Trinajstić information content (AvgIpc) is 2.80. The van der Waals surface area contributed by atoms with E-state index in [4.69, 9.17) is 5.73 Å². The minimum absolute atomic E-state index is 0.263. The van der Waals surface area contributed by atoms with Crippen LogP contribution in [0.15, 0.2) is 15.9 Å². The molecule has 3 atom stereocenters. The summed E-state index contributed by atoms with van der Waals surface area (Å²) >= 11 is 5.30. The number of halogens is 1. The highest BCUT2D eigenvalue weighted by atomic mass is 79.9. The Balaban J connectivity index is 2.06. The predicted octanol–water partition coefficient (Wildman–Crippen LogP) is 3.56. The zero-order chi connectivity index (χ0) is 9.42. The van der Waals surface area contributed by atoms with Crippen LogP contribution in [0.4, 0.5) is 0 Å². The van der Waals surface area contributed by atoms with E-state index in [0.29, 0.717) is 0 Å². The lowest BCUT2D eigenvalue weighted by Crippen LogP contribution is -2.12. The van der Waals surface area contributed by atoms with Crippen molar-refractivity contribution in [2.75, 3.05) is 0 Å². The van der Waals surface area contributed by atoms with Crippen molar-refractivity contribution in [3.63, 3.8) is 0 Å². The van der Waals surface area contributed by atoms with Crippen LogP contribution >= 0.6 is 27.3 Å². The molecule has 1 aliphatic rings. The van der Waals surface area contributed by atoms with Gasteiger partial charge in [-0.3, -0.25) is 0 Å². The van der Waals surface area contributed by atoms with Crippen LogP contribution < -0.4 is 5.73 Å². The third-order valence-corrected chi connectivity index (χ3v) is 4.88. The fourth-order valence-electron chi connectivity index (χ4n) is 1.92. The molecule has 1 aliphatic carbocycles. The van der Waals surface area contributed by atoms with Crippen LogP contribution in [0.5, 0.6) is 0 Å². The maximum Gasteiger partial charge on any atom is 0.0432 e. The van der Waals surface area contributed by atoms with Gasteiger partial charge in [-0.2, -0.15) is 0 Å². The summed E-state index contributed by atoms with van der Waals surface area (Å²) in [6.45, 7) is 2.25. The molecule has 3 unspecified atom stereocenters. The summed E-state index contributed by atoms with van der Waals surface area (Å²) in [4.78, 5) is 1.32. The Hall–Kier alpha value is 0.140. The van der Waals surface area contributed by atoms with Crippen LogP contribution in [-0.2, 0) is 0 Å². The van der Waals surface area contributed by atoms with E-state index in [0.717, 1.165) is 11.8 Å². The zero-order valence-electron chi connectivity index (χ0n) is 7.66. The van der Waals surface area contributed by atoms with Gasteiger partial charge in [0.2, 0.25) is 0 Å². The van der Waals surface area contributed by atoms with Crippen molar-refractivity contribution in [2.45, 2.75) is 25.8 Å². The van der Waals surface area contributed by atoms with Crippen molar-refractivity contribution in [1.29, 1.82) is 0 Å². The lowest BCUT2D eigenvalue weighted by atomic mass is 10.1. The van der Waals surface area contributed by atoms with Gasteiger partial charge in [0.05, 0.1) is 0 Å². The first kappa shape index (κ1) is 9.69. The molecule has 2 N–H and O–H groups in total. The number of hydrogen-bond acceptors (Lipinski definition) is 2. The van der Waals surface area contributed by atoms with Gasteiger partial charge in [-0.25, -0.2) is 0 Å². The Bertz CT molecular complexity index is 297. The average molecular weight is 260 g/mol. The highest BCUT2D eigenvalue weighted by Gasteiger charge is 2.41. The van der Waals surface area contributed by atoms with Crippen LogP contribution in [0.1, 0.15) is 30.7 Å². The Morgan fingerprint density at radius 1 is 1.77 bits per heavy atom. The summed E-state index contributed by atoms with van der Waals surface area (Å²) < 4.78 is 1.19. The van der Waals surface area contributed by atoms with E-state index in [2.05, 4.69) is 34.3 Å². The third kappa shape index (κ3) is 1.83. The molecule has 1 aromatic rings. The maximum atomic E-state index is 6.19. The van der Waals surface area contributed by atoms with Crippen molar-refractivity contribution in [3.8, 4) is 0 Å². The summed E-state index contributed by atoms with van der Waals surface area (Å²) in [6.07, 6.45) is 2.60. The highest BCUT2D eigenvalue weighted by Crippen LogP contribution is 2.50. The number of nitrogens with two attached hydrogens (primary N) is 1. The van der Waals surface area contributed by atoms with Gasteiger partial charge in [0.15, 0.2) is 0 Å². The second-order valence-electron chi connectivity index (χ2n) is 3.73. The van der Waals surface area contributed by atoms with Gasteiger partial charge in [0.25, 0.3) is 0 Å². The number of rotatable bonds is 3. The second-order valence-corrected chi connectivity index (χ2v) is 5.53. The SMILES string of the molecule is CCC1CC1C(N)c1sccc1Br. The van der Waals surface area contributed by atoms with E-state index in [1.54, 1.807) is 11.3 Å². The van der Waals surface area contributed by atoms with Crippen LogP contribution in [0, 0.1) is 11.8 Å². The van der Waals surface area contributed by atoms with Crippen molar-refractivity contribution in [3.05, 3.63) is 20.8 Å². The van der Waals surface area contributed by atoms with Gasteiger partial charge >= 0.3 is 0 Å². The first-order valence-electron chi connectivity index (χ1n) is 4.72. The van der Waals surface area contributed by atoms with Crippen molar-refractivity contribution < 1.29 is 0 Å². The van der Waals surface area contributed by atoms with E-state index in [9.17, 15) is 0 Å². The van der Waals surface area contributed by atoms with Gasteiger partial charge in [0.1, 0.15) is 0 Å². The molecule has 13 heavy (non-hydrogen) atoms. The molecule has 0 aliphatic heterocycles. The summed E-state index contributed by atoms with van der Waals surface area (Å²) in [5.41, 5.74) is 6.19. The second kappa shape index (κ2) is 3.71. The normalized spacial score (nSPS) is 28.8. The van der Waals surface area contributed by atoms with E-state index < -0.39 is 0 Å². The third-order valence-electron chi connectivity index (χ3n) is 2.91. The quantitative estimate of drug-likeness (QED) is 0.883. The molecule has 0 saturated heterocycles. The summed E-state index contributed by atoms with van der Waals surface area (Å²) in [7, 11) is 0. The maximum absolute atomic E-state index is 6.19. The molecule has 3 heteroatoms. The van der Waals surface area contributed by atoms with E-state index >= 15 is 0 Å². The number of thiophene rings is 1. The van der Waals surface area contributed by atoms with Crippen molar-refractivity contribution >= 4 is 27.3 Å². The largest absolute Gasteiger partial charge is 0.323 e. The molecular formula is C10H14BrNS. The van der Waals surface area contributed by atoms with Crippen molar-refractivity contribution in [1.82, 2.24) is 0 Å². The lowest BCUT2D eigenvalue weighted by molar-refractivity contribution is 0.573. The molecule has 0 bridgehead atoms. The Labute approximate surface area is 91.5 Å². The topological polar surface area (TPSA) is 26.0 Å². The monoisotopic (exact) mass is 259 g/mol. The van der Waals surface area contributed by atoms with E-state index in [1.165, 1.54) is 22.2 Å². The zero-order valence-corrected chi connectivity index (χ0v) is 10.1. The molecule has 0 spiro atoms. The minimum atomic E-state index is 0.263. The standard InChI is InChI=1S/C10H14BrNS/c1-2-6-5-7(6)9(12)10-8(11)3-4-13-10/h3-4,6-7,9H,2,5,12H2,1H3. The molecule has 0 aromatic carbocycles. The molecule has 1 heterocycles. The van der Waals surface area contributed by atoms with Gasteiger partial charge in [-0.05, 0) is 45.6 Å². The van der Waals surface area contributed by atoms with Crippen LogP contribution in [0.3, 0.4) is 0 Å². The van der Waals surface area contributed by atoms with Gasteiger partial charge < -0.3 is 5.73 Å². The molecule has 1 fully saturated rings. The fourth-order valence-corrected chi connectivity index (χ4v) is 3.63. The first-order chi connectivity index (χ1) is 6.24. The molecule has 0 amide bonds. The van der Waals surface area contributed by atoms with E-state index in [-0.39, 0.29) is 6.04 Å². The number of hydrogen-bond donors (Lipinski definition) is 1. The molecule has 1 aromatic heterocycles. The van der Waals surface area contributed by atoms with E-state index in [1.807, 2.05) is 0 Å². The molecule has 1 nitrogen and oxygen atoms in total. The molecule has 1 saturated carbocycles. The minimum Gasteiger partial charge on any atom is -0.323 e. The molecule has 72 valence electrons. The highest BCUT2D eigenvalue weighted by molar-refractivity contribution is 9.10. The summed E-state index contributed by atoms with van der Waals surface area (Å²) in [5, 5.41) is 2.10. The molecule has 0 radical (unpaired) electrons. The van der Waals surface area contributed by atoms with Crippen LogP contribution in [0.2, 0.25) is 0 Å². The van der Waals surface area contributed by atoms with Gasteiger partial charge in [0, 0.05) is 15.4 Å². The summed E-state index contributed by atoms with van der Waals surface area (Å²) in [6, 6.07) is 2.35. The summed E-state index contributed by atoms with van der Waals surface area (Å²) in [5.74, 6) is 1.61. The molecule has 2 rings (SSSR count). The van der Waals surface area contributed by atoms with Crippen molar-refractivity contribution in [2.24, 2.45) is 17.6 Å². The Kier molecular flexibility index (Phi) is 2.77. The smallest absolute Gasteiger partial charge is 0.0432 e. The Morgan fingerprint density at radius 2 is 2.54 bits per heavy atom. The van der Waals surface area contributed by atoms with Crippen LogP contribution in [-0.4, -0.2) is 0 Å².